The number of anilines is 2. The lowest BCUT2D eigenvalue weighted by Crippen LogP contribution is -2.19. The average Bonchev–Trinajstić information content (AvgIpc) is 2.46. The van der Waals surface area contributed by atoms with E-state index in [1.165, 1.54) is 12.1 Å². The summed E-state index contributed by atoms with van der Waals surface area (Å²) in [6.45, 7) is -1.33. The standard InChI is InChI=1S/C14H10F3N3O/c15-14(16,17)9-21-12-6-4-10(5-7-12)19-13-3-1-2-11(8-18)20-13/h1-7H,9H2,(H,19,20). The first-order valence-corrected chi connectivity index (χ1v) is 5.90. The number of nitrogens with one attached hydrogen (secondary N) is 1. The molecule has 1 aromatic heterocycles. The van der Waals surface area contributed by atoms with Crippen LogP contribution in [-0.4, -0.2) is 17.8 Å². The third kappa shape index (κ3) is 4.69. The van der Waals surface area contributed by atoms with Crippen LogP contribution < -0.4 is 10.1 Å². The maximum absolute atomic E-state index is 12.0. The molecule has 4 nitrogen and oxygen atoms in total. The van der Waals surface area contributed by atoms with E-state index in [1.807, 2.05) is 6.07 Å². The van der Waals surface area contributed by atoms with Gasteiger partial charge in [0.1, 0.15) is 23.3 Å². The molecule has 0 unspecified atom stereocenters. The Morgan fingerprint density at radius 3 is 2.48 bits per heavy atom. The Bertz CT molecular complexity index is 648. The summed E-state index contributed by atoms with van der Waals surface area (Å²) < 4.78 is 40.6. The van der Waals surface area contributed by atoms with Crippen LogP contribution in [0.1, 0.15) is 5.69 Å². The van der Waals surface area contributed by atoms with Crippen LogP contribution >= 0.6 is 0 Å². The van der Waals surface area contributed by atoms with Crippen LogP contribution in [-0.2, 0) is 0 Å². The maximum Gasteiger partial charge on any atom is 0.422 e. The zero-order valence-corrected chi connectivity index (χ0v) is 10.7. The van der Waals surface area contributed by atoms with Crippen LogP contribution in [0.4, 0.5) is 24.7 Å². The van der Waals surface area contributed by atoms with E-state index in [9.17, 15) is 13.2 Å². The first-order valence-electron chi connectivity index (χ1n) is 5.90. The van der Waals surface area contributed by atoms with E-state index in [4.69, 9.17) is 5.26 Å². The van der Waals surface area contributed by atoms with Crippen LogP contribution in [0.25, 0.3) is 0 Å². The van der Waals surface area contributed by atoms with Crippen molar-refractivity contribution in [3.8, 4) is 11.8 Å². The van der Waals surface area contributed by atoms with Gasteiger partial charge in [-0.25, -0.2) is 4.98 Å². The Balaban J connectivity index is 2.00. The molecule has 0 aliphatic carbocycles. The first-order chi connectivity index (χ1) is 9.96. The lowest BCUT2D eigenvalue weighted by Gasteiger charge is -2.10. The van der Waals surface area contributed by atoms with E-state index in [-0.39, 0.29) is 11.4 Å². The number of ether oxygens (including phenoxy) is 1. The number of alkyl halides is 3. The molecule has 108 valence electrons. The van der Waals surface area contributed by atoms with Crippen molar-refractivity contribution in [1.82, 2.24) is 4.98 Å². The van der Waals surface area contributed by atoms with Crippen molar-refractivity contribution >= 4 is 11.5 Å². The van der Waals surface area contributed by atoms with Crippen molar-refractivity contribution in [3.63, 3.8) is 0 Å². The second-order valence-corrected chi connectivity index (χ2v) is 4.07. The molecule has 2 rings (SSSR count). The summed E-state index contributed by atoms with van der Waals surface area (Å²) in [6.07, 6.45) is -4.36. The molecule has 0 bridgehead atoms. The number of nitriles is 1. The van der Waals surface area contributed by atoms with E-state index in [0.717, 1.165) is 0 Å². The molecular weight excluding hydrogens is 283 g/mol. The highest BCUT2D eigenvalue weighted by molar-refractivity contribution is 5.57. The number of hydrogen-bond donors (Lipinski definition) is 1. The number of hydrogen-bond acceptors (Lipinski definition) is 4. The number of nitrogens with zero attached hydrogens (tertiary/aromatic N) is 2. The molecule has 0 amide bonds. The second-order valence-electron chi connectivity index (χ2n) is 4.07. The van der Waals surface area contributed by atoms with E-state index in [0.29, 0.717) is 11.5 Å². The van der Waals surface area contributed by atoms with Gasteiger partial charge in [0.2, 0.25) is 0 Å². The lowest BCUT2D eigenvalue weighted by molar-refractivity contribution is -0.153. The van der Waals surface area contributed by atoms with Crippen molar-refractivity contribution in [2.24, 2.45) is 0 Å². The largest absolute Gasteiger partial charge is 0.484 e. The molecule has 21 heavy (non-hydrogen) atoms. The molecule has 0 saturated carbocycles. The van der Waals surface area contributed by atoms with Crippen molar-refractivity contribution in [2.75, 3.05) is 11.9 Å². The van der Waals surface area contributed by atoms with E-state index in [1.54, 1.807) is 30.3 Å². The van der Waals surface area contributed by atoms with Gasteiger partial charge >= 0.3 is 6.18 Å². The summed E-state index contributed by atoms with van der Waals surface area (Å²) in [4.78, 5) is 4.03. The summed E-state index contributed by atoms with van der Waals surface area (Å²) >= 11 is 0. The van der Waals surface area contributed by atoms with Crippen LogP contribution in [0.2, 0.25) is 0 Å². The Morgan fingerprint density at radius 1 is 1.14 bits per heavy atom. The molecule has 0 aliphatic rings. The molecule has 1 heterocycles. The topological polar surface area (TPSA) is 57.9 Å². The summed E-state index contributed by atoms with van der Waals surface area (Å²) in [7, 11) is 0. The molecule has 0 spiro atoms. The predicted molar refractivity (Wildman–Crippen MR) is 70.2 cm³/mol. The normalized spacial score (nSPS) is 10.8. The highest BCUT2D eigenvalue weighted by atomic mass is 19.4. The van der Waals surface area contributed by atoms with Gasteiger partial charge < -0.3 is 10.1 Å². The van der Waals surface area contributed by atoms with Gasteiger partial charge in [-0.2, -0.15) is 18.4 Å². The quantitative estimate of drug-likeness (QED) is 0.935. The number of aromatic nitrogens is 1. The van der Waals surface area contributed by atoms with Gasteiger partial charge in [0.15, 0.2) is 6.61 Å². The van der Waals surface area contributed by atoms with Crippen molar-refractivity contribution < 1.29 is 17.9 Å². The number of halogens is 3. The maximum atomic E-state index is 12.0. The van der Waals surface area contributed by atoms with Crippen LogP contribution in [0.5, 0.6) is 5.75 Å². The monoisotopic (exact) mass is 293 g/mol. The summed E-state index contributed by atoms with van der Waals surface area (Å²) in [5, 5.41) is 11.7. The number of benzene rings is 1. The zero-order chi connectivity index (χ0) is 15.3. The predicted octanol–water partition coefficient (Wildman–Crippen LogP) is 3.64. The van der Waals surface area contributed by atoms with Gasteiger partial charge in [0.25, 0.3) is 0 Å². The Kier molecular flexibility index (Phi) is 4.28. The Morgan fingerprint density at radius 2 is 1.86 bits per heavy atom. The minimum absolute atomic E-state index is 0.122. The molecule has 2 aromatic rings. The van der Waals surface area contributed by atoms with Crippen molar-refractivity contribution in [1.29, 1.82) is 5.26 Å². The lowest BCUT2D eigenvalue weighted by atomic mass is 10.3. The molecule has 0 atom stereocenters. The molecule has 0 radical (unpaired) electrons. The van der Waals surface area contributed by atoms with Gasteiger partial charge in [0.05, 0.1) is 0 Å². The SMILES string of the molecule is N#Cc1cccc(Nc2ccc(OCC(F)(F)F)cc2)n1. The molecule has 0 saturated heterocycles. The Labute approximate surface area is 118 Å². The van der Waals surface area contributed by atoms with E-state index < -0.39 is 12.8 Å². The highest BCUT2D eigenvalue weighted by Crippen LogP contribution is 2.21. The zero-order valence-electron chi connectivity index (χ0n) is 10.7. The Hall–Kier alpha value is -2.75. The summed E-state index contributed by atoms with van der Waals surface area (Å²) in [5.74, 6) is 0.592. The van der Waals surface area contributed by atoms with E-state index >= 15 is 0 Å². The summed E-state index contributed by atoms with van der Waals surface area (Å²) in [6, 6.07) is 12.8. The highest BCUT2D eigenvalue weighted by Gasteiger charge is 2.28. The van der Waals surface area contributed by atoms with Gasteiger partial charge in [-0.1, -0.05) is 6.07 Å². The second kappa shape index (κ2) is 6.13. The minimum Gasteiger partial charge on any atom is -0.484 e. The fourth-order valence-electron chi connectivity index (χ4n) is 1.51. The van der Waals surface area contributed by atoms with Crippen LogP contribution in [0, 0.1) is 11.3 Å². The van der Waals surface area contributed by atoms with Gasteiger partial charge in [-0.3, -0.25) is 0 Å². The fraction of sp³-hybridized carbons (Fsp3) is 0.143. The number of rotatable bonds is 4. The molecule has 1 N–H and O–H groups in total. The van der Waals surface area contributed by atoms with Crippen molar-refractivity contribution in [3.05, 3.63) is 48.2 Å². The van der Waals surface area contributed by atoms with E-state index in [2.05, 4.69) is 15.0 Å². The third-order valence-electron chi connectivity index (χ3n) is 2.39. The summed E-state index contributed by atoms with van der Waals surface area (Å²) in [5.41, 5.74) is 0.891. The average molecular weight is 293 g/mol. The van der Waals surface area contributed by atoms with Gasteiger partial charge in [0, 0.05) is 5.69 Å². The first kappa shape index (κ1) is 14.7. The fourth-order valence-corrected chi connectivity index (χ4v) is 1.51. The van der Waals surface area contributed by atoms with Crippen molar-refractivity contribution in [2.45, 2.75) is 6.18 Å². The smallest absolute Gasteiger partial charge is 0.422 e. The van der Waals surface area contributed by atoms with Crippen LogP contribution in [0.15, 0.2) is 42.5 Å². The molecule has 7 heteroatoms. The number of pyridine rings is 1. The molecule has 0 fully saturated rings. The third-order valence-corrected chi connectivity index (χ3v) is 2.39. The molecular formula is C14H10F3N3O. The molecule has 1 aromatic carbocycles. The molecule has 0 aliphatic heterocycles. The van der Waals surface area contributed by atoms with Gasteiger partial charge in [-0.15, -0.1) is 0 Å². The minimum atomic E-state index is -4.36. The van der Waals surface area contributed by atoms with Gasteiger partial charge in [-0.05, 0) is 36.4 Å². The van der Waals surface area contributed by atoms with Crippen LogP contribution in [0.3, 0.4) is 0 Å².